The summed E-state index contributed by atoms with van der Waals surface area (Å²) in [5, 5.41) is 28.8. The van der Waals surface area contributed by atoms with Gasteiger partial charge >= 0.3 is 0 Å². The molecular formula is C28H54N8. The van der Waals surface area contributed by atoms with E-state index in [2.05, 4.69) is 66.8 Å². The molecule has 8 nitrogen and oxygen atoms in total. The van der Waals surface area contributed by atoms with Crippen LogP contribution < -0.4 is 42.5 Å². The molecular weight excluding hydrogens is 448 g/mol. The molecule has 2 saturated heterocycles. The Kier molecular flexibility index (Phi) is 16.3. The van der Waals surface area contributed by atoms with Crippen molar-refractivity contribution in [1.29, 1.82) is 0 Å². The molecule has 36 heavy (non-hydrogen) atoms. The lowest BCUT2D eigenvalue weighted by atomic mass is 9.95. The van der Waals surface area contributed by atoms with E-state index in [4.69, 9.17) is 0 Å². The Morgan fingerprint density at radius 3 is 0.972 bits per heavy atom. The Bertz CT molecular complexity index is 558. The summed E-state index contributed by atoms with van der Waals surface area (Å²) in [5.41, 5.74) is 2.90. The van der Waals surface area contributed by atoms with Gasteiger partial charge in [-0.05, 0) is 101 Å². The van der Waals surface area contributed by atoms with Crippen LogP contribution in [0.15, 0.2) is 24.3 Å². The Morgan fingerprint density at radius 2 is 0.667 bits per heavy atom. The van der Waals surface area contributed by atoms with Crippen LogP contribution in [0.2, 0.25) is 0 Å². The second-order valence-electron chi connectivity index (χ2n) is 10.5. The maximum atomic E-state index is 3.67. The molecule has 206 valence electrons. The summed E-state index contributed by atoms with van der Waals surface area (Å²) < 4.78 is 0. The molecule has 2 heterocycles. The van der Waals surface area contributed by atoms with Crippen molar-refractivity contribution in [3.05, 3.63) is 35.4 Å². The van der Waals surface area contributed by atoms with Gasteiger partial charge in [0, 0.05) is 52.4 Å². The first kappa shape index (κ1) is 29.5. The molecule has 0 aromatic heterocycles. The molecule has 0 aliphatic carbocycles. The van der Waals surface area contributed by atoms with Gasteiger partial charge in [0.25, 0.3) is 0 Å². The summed E-state index contributed by atoms with van der Waals surface area (Å²) in [6.07, 6.45) is 4.63. The Balaban J connectivity index is 1.45. The van der Waals surface area contributed by atoms with Gasteiger partial charge in [-0.25, -0.2) is 0 Å². The summed E-state index contributed by atoms with van der Waals surface area (Å²) in [5.74, 6) is 1.21. The van der Waals surface area contributed by atoms with Gasteiger partial charge in [-0.1, -0.05) is 24.3 Å². The Hall–Kier alpha value is -1.10. The maximum absolute atomic E-state index is 3.67. The van der Waals surface area contributed by atoms with E-state index < -0.39 is 0 Å². The normalized spacial score (nSPS) is 22.9. The average molecular weight is 503 g/mol. The lowest BCUT2D eigenvalue weighted by molar-refractivity contribution is 0.428. The predicted octanol–water partition coefficient (Wildman–Crippen LogP) is -0.472. The molecule has 2 fully saturated rings. The van der Waals surface area contributed by atoms with Crippen molar-refractivity contribution in [3.63, 3.8) is 0 Å². The summed E-state index contributed by atoms with van der Waals surface area (Å²) in [4.78, 5) is 0. The fourth-order valence-corrected chi connectivity index (χ4v) is 5.02. The van der Waals surface area contributed by atoms with E-state index in [1.54, 1.807) is 0 Å². The van der Waals surface area contributed by atoms with E-state index in [1.807, 2.05) is 0 Å². The van der Waals surface area contributed by atoms with Gasteiger partial charge in [-0.3, -0.25) is 0 Å². The summed E-state index contributed by atoms with van der Waals surface area (Å²) >= 11 is 0. The SMILES string of the molecule is c1cc(CC2CNCCNCCCNCCNC2)ccc1CC1CNCCNCCCNCCNC1. The van der Waals surface area contributed by atoms with Gasteiger partial charge in [0.15, 0.2) is 0 Å². The quantitative estimate of drug-likeness (QED) is 0.280. The van der Waals surface area contributed by atoms with Crippen molar-refractivity contribution in [2.75, 3.05) is 105 Å². The van der Waals surface area contributed by atoms with Crippen molar-refractivity contribution in [3.8, 4) is 0 Å². The first-order valence-corrected chi connectivity index (χ1v) is 14.6. The van der Waals surface area contributed by atoms with Crippen molar-refractivity contribution < 1.29 is 0 Å². The molecule has 0 atom stereocenters. The van der Waals surface area contributed by atoms with Crippen LogP contribution in [0.1, 0.15) is 24.0 Å². The standard InChI is InChI=1S/C28H54N8/c1-7-29-11-15-33-21-27(22-34-16-12-30-8-1)19-25-3-5-26(6-4-25)20-28-23-35-17-13-31-9-2-10-32-14-18-36-24-28/h3-6,27-36H,1-2,7-24H2. The monoisotopic (exact) mass is 502 g/mol. The maximum Gasteiger partial charge on any atom is 0.00768 e. The number of nitrogens with one attached hydrogen (secondary N) is 8. The first-order valence-electron chi connectivity index (χ1n) is 14.6. The predicted molar refractivity (Wildman–Crippen MR) is 153 cm³/mol. The third-order valence-electron chi connectivity index (χ3n) is 7.13. The zero-order valence-corrected chi connectivity index (χ0v) is 22.6. The van der Waals surface area contributed by atoms with Crippen LogP contribution in [0.4, 0.5) is 0 Å². The van der Waals surface area contributed by atoms with Gasteiger partial charge in [-0.2, -0.15) is 0 Å². The molecule has 0 saturated carbocycles. The van der Waals surface area contributed by atoms with Crippen molar-refractivity contribution in [2.45, 2.75) is 25.7 Å². The van der Waals surface area contributed by atoms with E-state index in [-0.39, 0.29) is 0 Å². The van der Waals surface area contributed by atoms with Gasteiger partial charge in [-0.15, -0.1) is 0 Å². The molecule has 2 aliphatic heterocycles. The molecule has 0 radical (unpaired) electrons. The third kappa shape index (κ3) is 14.0. The fraction of sp³-hybridized carbons (Fsp3) is 0.786. The van der Waals surface area contributed by atoms with Crippen molar-refractivity contribution in [2.24, 2.45) is 11.8 Å². The summed E-state index contributed by atoms with van der Waals surface area (Å²) in [7, 11) is 0. The highest BCUT2D eigenvalue weighted by atomic mass is 15.0. The fourth-order valence-electron chi connectivity index (χ4n) is 5.02. The lowest BCUT2D eigenvalue weighted by Crippen LogP contribution is -2.39. The number of hydrogen-bond donors (Lipinski definition) is 8. The second kappa shape index (κ2) is 19.9. The number of hydrogen-bond acceptors (Lipinski definition) is 8. The average Bonchev–Trinajstić information content (AvgIpc) is 2.89. The van der Waals surface area contributed by atoms with E-state index in [0.29, 0.717) is 11.8 Å². The Labute approximate surface area is 220 Å². The van der Waals surface area contributed by atoms with Crippen LogP contribution in [0.3, 0.4) is 0 Å². The summed E-state index contributed by atoms with van der Waals surface area (Å²) in [6, 6.07) is 9.45. The Morgan fingerprint density at radius 1 is 0.389 bits per heavy atom. The topological polar surface area (TPSA) is 96.2 Å². The molecule has 8 N–H and O–H groups in total. The van der Waals surface area contributed by atoms with Crippen molar-refractivity contribution in [1.82, 2.24) is 42.5 Å². The largest absolute Gasteiger partial charge is 0.315 e. The highest BCUT2D eigenvalue weighted by Gasteiger charge is 2.12. The van der Waals surface area contributed by atoms with Crippen LogP contribution in [-0.2, 0) is 12.8 Å². The van der Waals surface area contributed by atoms with E-state index in [1.165, 1.54) is 24.0 Å². The molecule has 3 rings (SSSR count). The van der Waals surface area contributed by atoms with Gasteiger partial charge in [0.2, 0.25) is 0 Å². The number of benzene rings is 1. The van der Waals surface area contributed by atoms with E-state index >= 15 is 0 Å². The second-order valence-corrected chi connectivity index (χ2v) is 10.5. The minimum absolute atomic E-state index is 0.606. The molecule has 0 spiro atoms. The van der Waals surface area contributed by atoms with Crippen LogP contribution >= 0.6 is 0 Å². The van der Waals surface area contributed by atoms with E-state index in [9.17, 15) is 0 Å². The zero-order chi connectivity index (χ0) is 24.9. The smallest absolute Gasteiger partial charge is 0.00768 e. The highest BCUT2D eigenvalue weighted by Crippen LogP contribution is 2.13. The van der Waals surface area contributed by atoms with Crippen molar-refractivity contribution >= 4 is 0 Å². The van der Waals surface area contributed by atoms with Gasteiger partial charge < -0.3 is 42.5 Å². The third-order valence-corrected chi connectivity index (χ3v) is 7.13. The lowest BCUT2D eigenvalue weighted by Gasteiger charge is -2.21. The van der Waals surface area contributed by atoms with Crippen LogP contribution in [0.25, 0.3) is 0 Å². The van der Waals surface area contributed by atoms with Crippen LogP contribution in [0.5, 0.6) is 0 Å². The molecule has 1 aromatic carbocycles. The van der Waals surface area contributed by atoms with Crippen LogP contribution in [0, 0.1) is 11.8 Å². The molecule has 0 bridgehead atoms. The van der Waals surface area contributed by atoms with Gasteiger partial charge in [0.1, 0.15) is 0 Å². The molecule has 2 aliphatic rings. The van der Waals surface area contributed by atoms with Gasteiger partial charge in [0.05, 0.1) is 0 Å². The molecule has 1 aromatic rings. The highest BCUT2D eigenvalue weighted by molar-refractivity contribution is 5.23. The molecule has 0 unspecified atom stereocenters. The number of rotatable bonds is 4. The van der Waals surface area contributed by atoms with E-state index in [0.717, 1.165) is 118 Å². The minimum atomic E-state index is 0.606. The first-order chi connectivity index (χ1) is 17.9. The molecule has 0 amide bonds. The summed E-state index contributed by atoms with van der Waals surface area (Å²) in [6.45, 7) is 17.0. The van der Waals surface area contributed by atoms with Crippen LogP contribution in [-0.4, -0.2) is 105 Å². The minimum Gasteiger partial charge on any atom is -0.315 e. The molecule has 8 heteroatoms. The zero-order valence-electron chi connectivity index (χ0n) is 22.6.